The third kappa shape index (κ3) is 7.63. The largest absolute Gasteiger partial charge is 0.491 e. The van der Waals surface area contributed by atoms with Crippen LogP contribution in [-0.2, 0) is 6.54 Å². The average Bonchev–Trinajstić information content (AvgIpc) is 2.42. The van der Waals surface area contributed by atoms with E-state index in [1.165, 1.54) is 5.56 Å². The van der Waals surface area contributed by atoms with Gasteiger partial charge in [-0.1, -0.05) is 20.3 Å². The second kappa shape index (κ2) is 10.6. The monoisotopic (exact) mass is 421 g/mol. The average molecular weight is 423 g/mol. The third-order valence-electron chi connectivity index (χ3n) is 3.07. The van der Waals surface area contributed by atoms with Gasteiger partial charge in [-0.25, -0.2) is 0 Å². The predicted octanol–water partition coefficient (Wildman–Crippen LogP) is 4.64. The van der Waals surface area contributed by atoms with Crippen molar-refractivity contribution >= 4 is 31.9 Å². The van der Waals surface area contributed by atoms with Crippen molar-refractivity contribution < 1.29 is 9.84 Å². The number of nitrogens with one attached hydrogen (secondary N) is 1. The van der Waals surface area contributed by atoms with E-state index in [0.29, 0.717) is 12.6 Å². The molecule has 0 bridgehead atoms. The molecule has 3 nitrogen and oxygen atoms in total. The summed E-state index contributed by atoms with van der Waals surface area (Å²) in [5.41, 5.74) is 1.22. The normalized spacial score (nSPS) is 11.1. The van der Waals surface area contributed by atoms with Crippen LogP contribution in [0.4, 0.5) is 0 Å². The highest BCUT2D eigenvalue weighted by molar-refractivity contribution is 9.11. The second-order valence-corrected chi connectivity index (χ2v) is 7.12. The van der Waals surface area contributed by atoms with Crippen molar-refractivity contribution in [2.75, 3.05) is 13.2 Å². The molecule has 21 heavy (non-hydrogen) atoms. The maximum Gasteiger partial charge on any atom is 0.147 e. The van der Waals surface area contributed by atoms with Gasteiger partial charge in [0.25, 0.3) is 0 Å². The summed E-state index contributed by atoms with van der Waals surface area (Å²) >= 11 is 7.17. The first-order chi connectivity index (χ1) is 10.0. The molecule has 0 radical (unpaired) electrons. The topological polar surface area (TPSA) is 41.5 Å². The minimum Gasteiger partial charge on any atom is -0.491 e. The number of halogens is 2. The fourth-order valence-corrected chi connectivity index (χ4v) is 3.43. The molecule has 0 aliphatic heterocycles. The predicted molar refractivity (Wildman–Crippen MR) is 94.9 cm³/mol. The van der Waals surface area contributed by atoms with Crippen molar-refractivity contribution in [2.45, 2.75) is 52.1 Å². The Balaban J connectivity index is 2.47. The van der Waals surface area contributed by atoms with Crippen molar-refractivity contribution in [3.63, 3.8) is 0 Å². The van der Waals surface area contributed by atoms with Gasteiger partial charge in [-0.2, -0.15) is 0 Å². The molecule has 0 aromatic heterocycles. The molecule has 0 aliphatic rings. The SMILES string of the molecule is CC(C)NCc1cc(Br)c(OCCCCCCO)c(Br)c1. The van der Waals surface area contributed by atoms with Crippen molar-refractivity contribution in [1.82, 2.24) is 5.32 Å². The molecule has 0 saturated carbocycles. The molecular weight excluding hydrogens is 398 g/mol. The number of aliphatic hydroxyl groups is 1. The Bertz CT molecular complexity index is 402. The highest BCUT2D eigenvalue weighted by Gasteiger charge is 2.09. The highest BCUT2D eigenvalue weighted by atomic mass is 79.9. The van der Waals surface area contributed by atoms with E-state index in [2.05, 4.69) is 63.2 Å². The number of hydrogen-bond acceptors (Lipinski definition) is 3. The molecule has 0 atom stereocenters. The maximum atomic E-state index is 8.73. The molecule has 0 fully saturated rings. The van der Waals surface area contributed by atoms with Crippen LogP contribution in [0.1, 0.15) is 45.1 Å². The van der Waals surface area contributed by atoms with E-state index < -0.39 is 0 Å². The van der Waals surface area contributed by atoms with Gasteiger partial charge in [0.15, 0.2) is 0 Å². The third-order valence-corrected chi connectivity index (χ3v) is 4.25. The van der Waals surface area contributed by atoms with Crippen molar-refractivity contribution in [2.24, 2.45) is 0 Å². The molecule has 120 valence electrons. The van der Waals surface area contributed by atoms with Crippen LogP contribution in [0.5, 0.6) is 5.75 Å². The Morgan fingerprint density at radius 2 is 1.71 bits per heavy atom. The Labute approximate surface area is 144 Å². The van der Waals surface area contributed by atoms with Crippen LogP contribution in [-0.4, -0.2) is 24.4 Å². The molecule has 1 aromatic rings. The van der Waals surface area contributed by atoms with Crippen molar-refractivity contribution in [3.05, 3.63) is 26.6 Å². The van der Waals surface area contributed by atoms with E-state index in [1.807, 2.05) is 0 Å². The maximum absolute atomic E-state index is 8.73. The molecule has 0 amide bonds. The number of aliphatic hydroxyl groups excluding tert-OH is 1. The highest BCUT2D eigenvalue weighted by Crippen LogP contribution is 2.35. The summed E-state index contributed by atoms with van der Waals surface area (Å²) in [7, 11) is 0. The van der Waals surface area contributed by atoms with Crippen LogP contribution < -0.4 is 10.1 Å². The van der Waals surface area contributed by atoms with Crippen LogP contribution in [0.25, 0.3) is 0 Å². The first-order valence-electron chi connectivity index (χ1n) is 7.49. The molecule has 0 spiro atoms. The number of benzene rings is 1. The van der Waals surface area contributed by atoms with Crippen LogP contribution in [0.2, 0.25) is 0 Å². The molecule has 0 aliphatic carbocycles. The first-order valence-corrected chi connectivity index (χ1v) is 9.08. The summed E-state index contributed by atoms with van der Waals surface area (Å²) in [5, 5.41) is 12.1. The smallest absolute Gasteiger partial charge is 0.147 e. The van der Waals surface area contributed by atoms with Crippen LogP contribution in [0.3, 0.4) is 0 Å². The van der Waals surface area contributed by atoms with Crippen LogP contribution in [0, 0.1) is 0 Å². The Kier molecular flexibility index (Phi) is 9.56. The van der Waals surface area contributed by atoms with E-state index in [0.717, 1.165) is 46.9 Å². The zero-order valence-corrected chi connectivity index (χ0v) is 16.0. The van der Waals surface area contributed by atoms with E-state index in [1.54, 1.807) is 0 Å². The minimum atomic E-state index is 0.282. The van der Waals surface area contributed by atoms with Crippen molar-refractivity contribution in [1.29, 1.82) is 0 Å². The number of hydrogen-bond donors (Lipinski definition) is 2. The lowest BCUT2D eigenvalue weighted by molar-refractivity contribution is 0.272. The summed E-state index contributed by atoms with van der Waals surface area (Å²) in [6.07, 6.45) is 4.04. The van der Waals surface area contributed by atoms with E-state index in [-0.39, 0.29) is 6.61 Å². The molecule has 0 unspecified atom stereocenters. The van der Waals surface area contributed by atoms with E-state index >= 15 is 0 Å². The summed E-state index contributed by atoms with van der Waals surface area (Å²) in [6, 6.07) is 4.67. The molecule has 1 aromatic carbocycles. The molecule has 5 heteroatoms. The van der Waals surface area contributed by atoms with Crippen LogP contribution in [0.15, 0.2) is 21.1 Å². The molecular formula is C16H25Br2NO2. The van der Waals surface area contributed by atoms with Gasteiger partial charge in [0.2, 0.25) is 0 Å². The molecule has 2 N–H and O–H groups in total. The van der Waals surface area contributed by atoms with Gasteiger partial charge in [0.05, 0.1) is 15.6 Å². The molecule has 1 rings (SSSR count). The lowest BCUT2D eigenvalue weighted by Crippen LogP contribution is -2.21. The Hall–Kier alpha value is -0.100. The Morgan fingerprint density at radius 1 is 1.10 bits per heavy atom. The molecule has 0 heterocycles. The zero-order valence-electron chi connectivity index (χ0n) is 12.8. The number of unbranched alkanes of at least 4 members (excludes halogenated alkanes) is 3. The van der Waals surface area contributed by atoms with Gasteiger partial charge in [-0.15, -0.1) is 0 Å². The zero-order chi connectivity index (χ0) is 15.7. The first kappa shape index (κ1) is 18.9. The summed E-state index contributed by atoms with van der Waals surface area (Å²) < 4.78 is 7.81. The van der Waals surface area contributed by atoms with Gasteiger partial charge < -0.3 is 15.2 Å². The Morgan fingerprint density at radius 3 is 2.29 bits per heavy atom. The lowest BCUT2D eigenvalue weighted by Gasteiger charge is -2.13. The number of ether oxygens (including phenoxy) is 1. The summed E-state index contributed by atoms with van der Waals surface area (Å²) in [6.45, 7) is 6.10. The van der Waals surface area contributed by atoms with Gasteiger partial charge in [-0.05, 0) is 68.8 Å². The number of rotatable bonds is 10. The minimum absolute atomic E-state index is 0.282. The van der Waals surface area contributed by atoms with Crippen LogP contribution >= 0.6 is 31.9 Å². The van der Waals surface area contributed by atoms with E-state index in [4.69, 9.17) is 9.84 Å². The fraction of sp³-hybridized carbons (Fsp3) is 0.625. The lowest BCUT2D eigenvalue weighted by atomic mass is 10.2. The van der Waals surface area contributed by atoms with Gasteiger partial charge in [0, 0.05) is 19.2 Å². The summed E-state index contributed by atoms with van der Waals surface area (Å²) in [4.78, 5) is 0. The second-order valence-electron chi connectivity index (χ2n) is 5.41. The quantitative estimate of drug-likeness (QED) is 0.539. The van der Waals surface area contributed by atoms with E-state index in [9.17, 15) is 0 Å². The van der Waals surface area contributed by atoms with Gasteiger partial charge in [0.1, 0.15) is 5.75 Å². The fourth-order valence-electron chi connectivity index (χ4n) is 1.92. The summed E-state index contributed by atoms with van der Waals surface area (Å²) in [5.74, 6) is 0.866. The van der Waals surface area contributed by atoms with Gasteiger partial charge in [-0.3, -0.25) is 0 Å². The van der Waals surface area contributed by atoms with Gasteiger partial charge >= 0.3 is 0 Å². The standard InChI is InChI=1S/C16H25Br2NO2/c1-12(2)19-11-13-9-14(17)16(15(18)10-13)21-8-6-4-3-5-7-20/h9-10,12,19-20H,3-8,11H2,1-2H3. The molecule has 0 saturated heterocycles. The van der Waals surface area contributed by atoms with Crippen molar-refractivity contribution in [3.8, 4) is 5.75 Å².